The normalized spacial score (nSPS) is 12.5. The van der Waals surface area contributed by atoms with Gasteiger partial charge in [0.05, 0.1) is 5.92 Å². The van der Waals surface area contributed by atoms with E-state index in [0.717, 1.165) is 26.1 Å². The number of nitrogens with zero attached hydrogens (tertiary/aromatic N) is 2. The number of hydrogen-bond donors (Lipinski definition) is 1. The van der Waals surface area contributed by atoms with Crippen molar-refractivity contribution in [3.63, 3.8) is 0 Å². The van der Waals surface area contributed by atoms with E-state index in [9.17, 15) is 9.59 Å². The first-order chi connectivity index (χ1) is 8.42. The summed E-state index contributed by atoms with van der Waals surface area (Å²) in [6.45, 7) is 11.2. The Labute approximate surface area is 110 Å². The minimum Gasteiger partial charge on any atom is -0.481 e. The highest BCUT2D eigenvalue weighted by atomic mass is 16.4. The lowest BCUT2D eigenvalue weighted by atomic mass is 10.1. The maximum Gasteiger partial charge on any atom is 0.308 e. The Hall–Kier alpha value is -1.10. The number of carboxylic acids is 1. The number of aliphatic carboxylic acids is 1. The van der Waals surface area contributed by atoms with Crippen LogP contribution in [0.1, 0.15) is 34.1 Å². The lowest BCUT2D eigenvalue weighted by molar-refractivity contribution is -0.142. The van der Waals surface area contributed by atoms with Gasteiger partial charge in [0, 0.05) is 20.0 Å². The fourth-order valence-electron chi connectivity index (χ4n) is 1.81. The second-order valence-electron chi connectivity index (χ2n) is 4.58. The van der Waals surface area contributed by atoms with Gasteiger partial charge in [-0.05, 0) is 26.1 Å². The van der Waals surface area contributed by atoms with Crippen molar-refractivity contribution in [3.05, 3.63) is 0 Å². The number of carbonyl (C=O) groups is 2. The van der Waals surface area contributed by atoms with Crippen molar-refractivity contribution in [2.45, 2.75) is 34.1 Å². The Balaban J connectivity index is 4.13. The molecule has 1 atom stereocenters. The van der Waals surface area contributed by atoms with Crippen LogP contribution in [0.2, 0.25) is 0 Å². The largest absolute Gasteiger partial charge is 0.481 e. The molecule has 0 saturated carbocycles. The smallest absolute Gasteiger partial charge is 0.308 e. The topological polar surface area (TPSA) is 60.9 Å². The summed E-state index contributed by atoms with van der Waals surface area (Å²) in [7, 11) is 0. The molecule has 0 radical (unpaired) electrons. The summed E-state index contributed by atoms with van der Waals surface area (Å²) in [6.07, 6.45) is 0.883. The predicted molar refractivity (Wildman–Crippen MR) is 71.5 cm³/mol. The van der Waals surface area contributed by atoms with Gasteiger partial charge in [-0.3, -0.25) is 9.59 Å². The standard InChI is InChI=1S/C13H26N2O3/c1-5-14(6-2)8-7-9-15(12(4)16)10-11(3)13(17)18/h11H,5-10H2,1-4H3,(H,17,18). The maximum absolute atomic E-state index is 11.4. The Morgan fingerprint density at radius 2 is 1.72 bits per heavy atom. The summed E-state index contributed by atoms with van der Waals surface area (Å²) in [6, 6.07) is 0. The van der Waals surface area contributed by atoms with Crippen LogP contribution < -0.4 is 0 Å². The van der Waals surface area contributed by atoms with Crippen molar-refractivity contribution in [1.29, 1.82) is 0 Å². The predicted octanol–water partition coefficient (Wildman–Crippen LogP) is 1.29. The van der Waals surface area contributed by atoms with Crippen LogP contribution in [0.5, 0.6) is 0 Å². The first-order valence-corrected chi connectivity index (χ1v) is 6.63. The molecule has 0 heterocycles. The molecule has 0 rings (SSSR count). The van der Waals surface area contributed by atoms with Crippen molar-refractivity contribution in [1.82, 2.24) is 9.80 Å². The first-order valence-electron chi connectivity index (χ1n) is 6.63. The molecule has 0 aromatic heterocycles. The molecule has 1 N–H and O–H groups in total. The van der Waals surface area contributed by atoms with Gasteiger partial charge in [-0.25, -0.2) is 0 Å². The molecule has 0 aliphatic carbocycles. The zero-order valence-corrected chi connectivity index (χ0v) is 12.0. The molecule has 0 fully saturated rings. The van der Waals surface area contributed by atoms with Gasteiger partial charge in [-0.2, -0.15) is 0 Å². The van der Waals surface area contributed by atoms with E-state index < -0.39 is 11.9 Å². The van der Waals surface area contributed by atoms with Gasteiger partial charge in [0.2, 0.25) is 5.91 Å². The monoisotopic (exact) mass is 258 g/mol. The maximum atomic E-state index is 11.4. The highest BCUT2D eigenvalue weighted by molar-refractivity contribution is 5.75. The number of carboxylic acid groups (broad SMARTS) is 1. The second-order valence-corrected chi connectivity index (χ2v) is 4.58. The fourth-order valence-corrected chi connectivity index (χ4v) is 1.81. The third-order valence-corrected chi connectivity index (χ3v) is 3.16. The van der Waals surface area contributed by atoms with Crippen molar-refractivity contribution in [2.75, 3.05) is 32.7 Å². The summed E-state index contributed by atoms with van der Waals surface area (Å²) in [5, 5.41) is 8.86. The molecule has 1 amide bonds. The Morgan fingerprint density at radius 1 is 1.17 bits per heavy atom. The molecule has 0 aromatic carbocycles. The number of rotatable bonds is 9. The van der Waals surface area contributed by atoms with Gasteiger partial charge >= 0.3 is 5.97 Å². The van der Waals surface area contributed by atoms with E-state index in [4.69, 9.17) is 5.11 Å². The average molecular weight is 258 g/mol. The lowest BCUT2D eigenvalue weighted by Gasteiger charge is -2.25. The van der Waals surface area contributed by atoms with Gasteiger partial charge in [-0.15, -0.1) is 0 Å². The van der Waals surface area contributed by atoms with Crippen LogP contribution in [0.4, 0.5) is 0 Å². The SMILES string of the molecule is CCN(CC)CCCN(CC(C)C(=O)O)C(C)=O. The van der Waals surface area contributed by atoms with E-state index in [1.807, 2.05) is 0 Å². The van der Waals surface area contributed by atoms with Crippen molar-refractivity contribution in [3.8, 4) is 0 Å². The van der Waals surface area contributed by atoms with Crippen LogP contribution in [-0.2, 0) is 9.59 Å². The summed E-state index contributed by atoms with van der Waals surface area (Å²) in [5.41, 5.74) is 0. The number of carbonyl (C=O) groups excluding carboxylic acids is 1. The van der Waals surface area contributed by atoms with Gasteiger partial charge < -0.3 is 14.9 Å². The van der Waals surface area contributed by atoms with Crippen LogP contribution in [0.3, 0.4) is 0 Å². The third-order valence-electron chi connectivity index (χ3n) is 3.16. The van der Waals surface area contributed by atoms with Crippen LogP contribution in [0.15, 0.2) is 0 Å². The van der Waals surface area contributed by atoms with E-state index in [2.05, 4.69) is 18.7 Å². The third kappa shape index (κ3) is 6.59. The summed E-state index contributed by atoms with van der Waals surface area (Å²) in [5.74, 6) is -1.42. The van der Waals surface area contributed by atoms with Crippen molar-refractivity contribution in [2.24, 2.45) is 5.92 Å². The van der Waals surface area contributed by atoms with E-state index >= 15 is 0 Å². The summed E-state index contributed by atoms with van der Waals surface area (Å²) >= 11 is 0. The summed E-state index contributed by atoms with van der Waals surface area (Å²) < 4.78 is 0. The van der Waals surface area contributed by atoms with Gasteiger partial charge in [0.25, 0.3) is 0 Å². The van der Waals surface area contributed by atoms with Crippen molar-refractivity contribution >= 4 is 11.9 Å². The van der Waals surface area contributed by atoms with Gasteiger partial charge in [-0.1, -0.05) is 20.8 Å². The van der Waals surface area contributed by atoms with Crippen LogP contribution >= 0.6 is 0 Å². The van der Waals surface area contributed by atoms with Crippen LogP contribution in [0.25, 0.3) is 0 Å². The minimum absolute atomic E-state index is 0.0531. The van der Waals surface area contributed by atoms with Gasteiger partial charge in [0.15, 0.2) is 0 Å². The van der Waals surface area contributed by atoms with Gasteiger partial charge in [0.1, 0.15) is 0 Å². The number of amides is 1. The molecule has 0 aliphatic rings. The molecule has 0 saturated heterocycles. The second kappa shape index (κ2) is 8.91. The van der Waals surface area contributed by atoms with Crippen molar-refractivity contribution < 1.29 is 14.7 Å². The van der Waals surface area contributed by atoms with E-state index in [1.54, 1.807) is 11.8 Å². The molecule has 5 heteroatoms. The molecular formula is C13H26N2O3. The van der Waals surface area contributed by atoms with E-state index in [1.165, 1.54) is 6.92 Å². The quantitative estimate of drug-likeness (QED) is 0.677. The fraction of sp³-hybridized carbons (Fsp3) is 0.846. The zero-order chi connectivity index (χ0) is 14.1. The minimum atomic E-state index is -0.856. The summed E-state index contributed by atoms with van der Waals surface area (Å²) in [4.78, 5) is 26.1. The molecule has 18 heavy (non-hydrogen) atoms. The molecule has 0 aromatic rings. The molecule has 1 unspecified atom stereocenters. The molecular weight excluding hydrogens is 232 g/mol. The zero-order valence-electron chi connectivity index (χ0n) is 12.0. The molecule has 0 spiro atoms. The Morgan fingerprint density at radius 3 is 2.11 bits per heavy atom. The molecule has 106 valence electrons. The van der Waals surface area contributed by atoms with E-state index in [-0.39, 0.29) is 5.91 Å². The molecule has 0 aliphatic heterocycles. The molecule has 0 bridgehead atoms. The van der Waals surface area contributed by atoms with Crippen LogP contribution in [0, 0.1) is 5.92 Å². The number of hydrogen-bond acceptors (Lipinski definition) is 3. The first kappa shape index (κ1) is 16.9. The van der Waals surface area contributed by atoms with E-state index in [0.29, 0.717) is 13.1 Å². The Bertz CT molecular complexity index is 265. The highest BCUT2D eigenvalue weighted by Crippen LogP contribution is 2.03. The lowest BCUT2D eigenvalue weighted by Crippen LogP contribution is -2.37. The highest BCUT2D eigenvalue weighted by Gasteiger charge is 2.17. The molecule has 5 nitrogen and oxygen atoms in total. The van der Waals surface area contributed by atoms with Crippen LogP contribution in [-0.4, -0.2) is 59.5 Å². The average Bonchev–Trinajstić information content (AvgIpc) is 2.32. The Kier molecular flexibility index (Phi) is 8.37.